The van der Waals surface area contributed by atoms with Crippen molar-refractivity contribution < 1.29 is 4.74 Å². The lowest BCUT2D eigenvalue weighted by molar-refractivity contribution is -0.0353. The van der Waals surface area contributed by atoms with Crippen LogP contribution >= 0.6 is 11.6 Å². The molecule has 1 fully saturated rings. The second-order valence-electron chi connectivity index (χ2n) is 5.27. The van der Waals surface area contributed by atoms with Crippen LogP contribution in [0.3, 0.4) is 0 Å². The summed E-state index contributed by atoms with van der Waals surface area (Å²) in [4.78, 5) is 9.30. The lowest BCUT2D eigenvalue weighted by atomic mass is 9.92. The predicted molar refractivity (Wildman–Crippen MR) is 77.4 cm³/mol. The largest absolute Gasteiger partial charge is 0.370 e. The molecule has 0 radical (unpaired) electrons. The number of ether oxygens (including phenoxy) is 1. The zero-order valence-corrected chi connectivity index (χ0v) is 12.7. The van der Waals surface area contributed by atoms with E-state index in [0.717, 1.165) is 36.3 Å². The van der Waals surface area contributed by atoms with Crippen LogP contribution < -0.4 is 0 Å². The van der Waals surface area contributed by atoms with Gasteiger partial charge in [-0.25, -0.2) is 9.97 Å². The molecule has 1 aliphatic carbocycles. The second-order valence-corrected chi connectivity index (χ2v) is 5.53. The van der Waals surface area contributed by atoms with E-state index < -0.39 is 0 Å². The summed E-state index contributed by atoms with van der Waals surface area (Å²) in [6, 6.07) is 0. The number of methoxy groups -OCH3 is 1. The van der Waals surface area contributed by atoms with E-state index in [1.54, 1.807) is 7.11 Å². The molecule has 0 aliphatic heterocycles. The molecular formula is C15H23ClN2O. The van der Waals surface area contributed by atoms with E-state index in [2.05, 4.69) is 11.9 Å². The Morgan fingerprint density at radius 3 is 2.47 bits per heavy atom. The lowest BCUT2D eigenvalue weighted by Gasteiger charge is -2.30. The number of alkyl halides is 1. The first kappa shape index (κ1) is 14.7. The van der Waals surface area contributed by atoms with Crippen molar-refractivity contribution in [1.82, 2.24) is 9.97 Å². The molecule has 19 heavy (non-hydrogen) atoms. The van der Waals surface area contributed by atoms with Gasteiger partial charge in [0.2, 0.25) is 0 Å². The molecule has 0 spiro atoms. The summed E-state index contributed by atoms with van der Waals surface area (Å²) >= 11 is 5.93. The van der Waals surface area contributed by atoms with Crippen LogP contribution in [0.1, 0.15) is 62.5 Å². The molecule has 0 aromatic carbocycles. The Labute approximate surface area is 120 Å². The molecule has 0 saturated heterocycles. The molecule has 4 heteroatoms. The molecule has 0 unspecified atom stereocenters. The highest BCUT2D eigenvalue weighted by Gasteiger charge is 2.35. The minimum Gasteiger partial charge on any atom is -0.370 e. The van der Waals surface area contributed by atoms with Gasteiger partial charge in [-0.1, -0.05) is 32.6 Å². The molecule has 0 amide bonds. The molecule has 0 atom stereocenters. The Bertz CT molecular complexity index is 415. The third kappa shape index (κ3) is 3.09. The van der Waals surface area contributed by atoms with Crippen LogP contribution in [-0.4, -0.2) is 17.1 Å². The monoisotopic (exact) mass is 282 g/mol. The summed E-state index contributed by atoms with van der Waals surface area (Å²) < 4.78 is 5.86. The van der Waals surface area contributed by atoms with Gasteiger partial charge in [0.15, 0.2) is 5.82 Å². The van der Waals surface area contributed by atoms with Gasteiger partial charge in [0, 0.05) is 24.6 Å². The minimum absolute atomic E-state index is 0.286. The average Bonchev–Trinajstić information content (AvgIpc) is 2.72. The molecular weight excluding hydrogens is 260 g/mol. The first-order valence-corrected chi connectivity index (χ1v) is 7.75. The molecule has 0 bridgehead atoms. The molecule has 2 rings (SSSR count). The Kier molecular flexibility index (Phi) is 5.17. The van der Waals surface area contributed by atoms with Gasteiger partial charge < -0.3 is 4.74 Å². The number of halogens is 1. The third-order valence-electron chi connectivity index (χ3n) is 4.14. The van der Waals surface area contributed by atoms with Gasteiger partial charge >= 0.3 is 0 Å². The van der Waals surface area contributed by atoms with Crippen LogP contribution in [0.15, 0.2) is 6.20 Å². The van der Waals surface area contributed by atoms with E-state index in [1.807, 2.05) is 6.20 Å². The first-order chi connectivity index (χ1) is 9.25. The van der Waals surface area contributed by atoms with Gasteiger partial charge in [-0.05, 0) is 19.3 Å². The third-order valence-corrected chi connectivity index (χ3v) is 4.43. The summed E-state index contributed by atoms with van der Waals surface area (Å²) in [5, 5.41) is 0. The molecule has 1 saturated carbocycles. The van der Waals surface area contributed by atoms with Gasteiger partial charge in [0.1, 0.15) is 5.60 Å². The Balaban J connectivity index is 2.36. The molecule has 0 N–H and O–H groups in total. The number of nitrogens with zero attached hydrogens (tertiary/aromatic N) is 2. The predicted octanol–water partition coefficient (Wildman–Crippen LogP) is 3.97. The van der Waals surface area contributed by atoms with Gasteiger partial charge in [-0.3, -0.25) is 0 Å². The smallest absolute Gasteiger partial charge is 0.160 e. The van der Waals surface area contributed by atoms with E-state index >= 15 is 0 Å². The Morgan fingerprint density at radius 1 is 1.26 bits per heavy atom. The van der Waals surface area contributed by atoms with Crippen molar-refractivity contribution >= 4 is 11.6 Å². The van der Waals surface area contributed by atoms with Crippen molar-refractivity contribution in [3.8, 4) is 0 Å². The Morgan fingerprint density at radius 2 is 1.95 bits per heavy atom. The first-order valence-electron chi connectivity index (χ1n) is 7.22. The molecule has 1 aromatic rings. The van der Waals surface area contributed by atoms with Crippen molar-refractivity contribution in [3.05, 3.63) is 23.3 Å². The summed E-state index contributed by atoms with van der Waals surface area (Å²) in [6.45, 7) is 2.11. The average molecular weight is 283 g/mol. The van der Waals surface area contributed by atoms with Gasteiger partial charge in [0.05, 0.1) is 5.88 Å². The van der Waals surface area contributed by atoms with E-state index in [9.17, 15) is 0 Å². The van der Waals surface area contributed by atoms with E-state index in [-0.39, 0.29) is 5.60 Å². The fourth-order valence-electron chi connectivity index (χ4n) is 2.90. The maximum Gasteiger partial charge on any atom is 0.160 e. The zero-order valence-electron chi connectivity index (χ0n) is 11.9. The van der Waals surface area contributed by atoms with Crippen molar-refractivity contribution in [1.29, 1.82) is 0 Å². The lowest BCUT2D eigenvalue weighted by Crippen LogP contribution is -2.31. The van der Waals surface area contributed by atoms with Crippen LogP contribution in [0.25, 0.3) is 0 Å². The van der Waals surface area contributed by atoms with E-state index in [4.69, 9.17) is 21.3 Å². The SMILES string of the molecule is CCc1nc(C2(OC)CCCCCC2)ncc1CCl. The number of aromatic nitrogens is 2. The zero-order chi connectivity index (χ0) is 13.7. The summed E-state index contributed by atoms with van der Waals surface area (Å²) in [6.07, 6.45) is 9.75. The second kappa shape index (κ2) is 6.67. The summed E-state index contributed by atoms with van der Waals surface area (Å²) in [7, 11) is 1.79. The topological polar surface area (TPSA) is 35.0 Å². The maximum atomic E-state index is 5.93. The molecule has 3 nitrogen and oxygen atoms in total. The van der Waals surface area contributed by atoms with E-state index in [0.29, 0.717) is 5.88 Å². The van der Waals surface area contributed by atoms with Crippen molar-refractivity contribution in [2.45, 2.75) is 63.4 Å². The van der Waals surface area contributed by atoms with Gasteiger partial charge in [-0.15, -0.1) is 11.6 Å². The van der Waals surface area contributed by atoms with Crippen molar-refractivity contribution in [2.24, 2.45) is 0 Å². The maximum absolute atomic E-state index is 5.93. The minimum atomic E-state index is -0.286. The van der Waals surface area contributed by atoms with Gasteiger partial charge in [-0.2, -0.15) is 0 Å². The highest BCUT2D eigenvalue weighted by molar-refractivity contribution is 6.17. The fraction of sp³-hybridized carbons (Fsp3) is 0.733. The fourth-order valence-corrected chi connectivity index (χ4v) is 3.12. The molecule has 106 valence electrons. The number of aryl methyl sites for hydroxylation is 1. The Hall–Kier alpha value is -0.670. The van der Waals surface area contributed by atoms with Crippen molar-refractivity contribution in [2.75, 3.05) is 7.11 Å². The molecule has 1 aromatic heterocycles. The highest BCUT2D eigenvalue weighted by Crippen LogP contribution is 2.37. The van der Waals surface area contributed by atoms with Crippen LogP contribution in [0.5, 0.6) is 0 Å². The number of hydrogen-bond acceptors (Lipinski definition) is 3. The van der Waals surface area contributed by atoms with Crippen LogP contribution in [-0.2, 0) is 22.6 Å². The van der Waals surface area contributed by atoms with Crippen LogP contribution in [0.4, 0.5) is 0 Å². The highest BCUT2D eigenvalue weighted by atomic mass is 35.5. The number of hydrogen-bond donors (Lipinski definition) is 0. The number of rotatable bonds is 4. The van der Waals surface area contributed by atoms with E-state index in [1.165, 1.54) is 25.7 Å². The van der Waals surface area contributed by atoms with Crippen LogP contribution in [0.2, 0.25) is 0 Å². The summed E-state index contributed by atoms with van der Waals surface area (Å²) in [5.74, 6) is 1.33. The normalized spacial score (nSPS) is 19.1. The molecule has 1 heterocycles. The quantitative estimate of drug-likeness (QED) is 0.619. The van der Waals surface area contributed by atoms with Gasteiger partial charge in [0.25, 0.3) is 0 Å². The summed E-state index contributed by atoms with van der Waals surface area (Å²) in [5.41, 5.74) is 1.80. The van der Waals surface area contributed by atoms with Crippen LogP contribution in [0, 0.1) is 0 Å². The van der Waals surface area contributed by atoms with Crippen molar-refractivity contribution in [3.63, 3.8) is 0 Å². The molecule has 1 aliphatic rings. The standard InChI is InChI=1S/C15H23ClN2O/c1-3-13-12(10-16)11-17-14(18-13)15(19-2)8-6-4-5-7-9-15/h11H,3-10H2,1-2H3.